The van der Waals surface area contributed by atoms with Crippen molar-refractivity contribution in [2.45, 2.75) is 22.4 Å². The first-order valence-electron chi connectivity index (χ1n) is 11.8. The normalized spacial score (nSPS) is 11.4. The molecule has 0 aliphatic carbocycles. The number of oxazole rings is 1. The molecule has 1 aromatic heterocycles. The van der Waals surface area contributed by atoms with Crippen LogP contribution in [-0.4, -0.2) is 20.5 Å². The summed E-state index contributed by atoms with van der Waals surface area (Å²) in [5.41, 5.74) is 2.87. The molecule has 0 unspecified atom stereocenters. The molecule has 5 aromatic rings. The summed E-state index contributed by atoms with van der Waals surface area (Å²) in [6, 6.07) is 35.5. The van der Waals surface area contributed by atoms with Gasteiger partial charge in [-0.1, -0.05) is 91.0 Å². The first kappa shape index (κ1) is 24.3. The van der Waals surface area contributed by atoms with Gasteiger partial charge in [-0.3, -0.25) is 0 Å². The van der Waals surface area contributed by atoms with Gasteiger partial charge in [0, 0.05) is 6.54 Å². The second-order valence-corrected chi connectivity index (χ2v) is 10.3. The Morgan fingerprint density at radius 3 is 1.86 bits per heavy atom. The van der Waals surface area contributed by atoms with E-state index in [9.17, 15) is 8.42 Å². The summed E-state index contributed by atoms with van der Waals surface area (Å²) in [7, 11) is -2.46. The van der Waals surface area contributed by atoms with E-state index in [0.717, 1.165) is 16.7 Å². The number of ether oxygens (including phenoxy) is 1. The van der Waals surface area contributed by atoms with Crippen LogP contribution in [0.1, 0.15) is 28.5 Å². The number of anilines is 1. The molecule has 7 heteroatoms. The Hall–Kier alpha value is -4.36. The van der Waals surface area contributed by atoms with Crippen LogP contribution < -0.4 is 10.1 Å². The molecule has 5 rings (SSSR count). The third-order valence-corrected chi connectivity index (χ3v) is 7.72. The fourth-order valence-electron chi connectivity index (χ4n) is 4.15. The number of sulfone groups is 1. The van der Waals surface area contributed by atoms with Crippen LogP contribution >= 0.6 is 0 Å². The summed E-state index contributed by atoms with van der Waals surface area (Å²) >= 11 is 0. The lowest BCUT2D eigenvalue weighted by Gasteiger charge is -2.14. The minimum Gasteiger partial charge on any atom is -0.497 e. The number of hydrogen-bond donors (Lipinski definition) is 1. The molecular weight excluding hydrogens is 484 g/mol. The number of methoxy groups -OCH3 is 1. The molecule has 0 aliphatic rings. The topological polar surface area (TPSA) is 81.4 Å². The largest absolute Gasteiger partial charge is 0.497 e. The van der Waals surface area contributed by atoms with Gasteiger partial charge in [-0.05, 0) is 41.0 Å². The van der Waals surface area contributed by atoms with Gasteiger partial charge in [-0.15, -0.1) is 0 Å². The molecule has 0 saturated heterocycles. The molecule has 1 N–H and O–H groups in total. The predicted molar refractivity (Wildman–Crippen MR) is 143 cm³/mol. The van der Waals surface area contributed by atoms with Crippen LogP contribution in [-0.2, 0) is 16.4 Å². The standard InChI is InChI=1S/C30H26N2O4S/c1-35-25-17-19-26(20-18-25)37(33,34)30-29(31-21-22-11-5-2-6-12-22)36-28(32-30)27(23-13-7-3-8-14-23)24-15-9-4-10-16-24/h2-20,27,31H,21H2,1H3. The van der Waals surface area contributed by atoms with Gasteiger partial charge >= 0.3 is 0 Å². The van der Waals surface area contributed by atoms with Gasteiger partial charge in [0.15, 0.2) is 0 Å². The molecule has 0 fully saturated rings. The number of rotatable bonds is 9. The Balaban J connectivity index is 1.62. The third-order valence-electron chi connectivity index (χ3n) is 6.05. The van der Waals surface area contributed by atoms with E-state index in [4.69, 9.17) is 9.15 Å². The van der Waals surface area contributed by atoms with Gasteiger partial charge in [-0.2, -0.15) is 4.98 Å². The van der Waals surface area contributed by atoms with Gasteiger partial charge in [0.05, 0.1) is 17.9 Å². The second-order valence-electron chi connectivity index (χ2n) is 8.46. The van der Waals surface area contributed by atoms with Gasteiger partial charge in [0.2, 0.25) is 26.6 Å². The third kappa shape index (κ3) is 5.27. The van der Waals surface area contributed by atoms with Crippen molar-refractivity contribution >= 4 is 15.7 Å². The van der Waals surface area contributed by atoms with E-state index in [2.05, 4.69) is 10.3 Å². The number of nitrogens with zero attached hydrogens (tertiary/aromatic N) is 1. The first-order valence-corrected chi connectivity index (χ1v) is 13.3. The van der Waals surface area contributed by atoms with E-state index in [1.807, 2.05) is 91.0 Å². The highest BCUT2D eigenvalue weighted by atomic mass is 32.2. The summed E-state index contributed by atoms with van der Waals surface area (Å²) in [6.07, 6.45) is 0. The van der Waals surface area contributed by atoms with Crippen LogP contribution in [0.15, 0.2) is 130 Å². The van der Waals surface area contributed by atoms with Crippen molar-refractivity contribution < 1.29 is 17.6 Å². The van der Waals surface area contributed by atoms with E-state index in [1.165, 1.54) is 19.2 Å². The highest BCUT2D eigenvalue weighted by Gasteiger charge is 2.31. The lowest BCUT2D eigenvalue weighted by Crippen LogP contribution is -2.08. The highest BCUT2D eigenvalue weighted by molar-refractivity contribution is 7.91. The van der Waals surface area contributed by atoms with Crippen molar-refractivity contribution in [3.63, 3.8) is 0 Å². The zero-order valence-electron chi connectivity index (χ0n) is 20.2. The Morgan fingerprint density at radius 2 is 1.32 bits per heavy atom. The molecule has 0 radical (unpaired) electrons. The molecule has 0 bridgehead atoms. The van der Waals surface area contributed by atoms with Crippen molar-refractivity contribution in [3.05, 3.63) is 138 Å². The van der Waals surface area contributed by atoms with Gasteiger partial charge in [-0.25, -0.2) is 8.42 Å². The van der Waals surface area contributed by atoms with Gasteiger partial charge in [0.1, 0.15) is 5.75 Å². The molecule has 0 spiro atoms. The van der Waals surface area contributed by atoms with Crippen molar-refractivity contribution in [2.75, 3.05) is 12.4 Å². The Morgan fingerprint density at radius 1 is 0.784 bits per heavy atom. The number of benzene rings is 4. The molecule has 0 saturated carbocycles. The average Bonchev–Trinajstić information content (AvgIpc) is 3.38. The zero-order chi connectivity index (χ0) is 25.7. The van der Waals surface area contributed by atoms with Crippen LogP contribution in [0.2, 0.25) is 0 Å². The van der Waals surface area contributed by atoms with Crippen LogP contribution in [0.4, 0.5) is 5.88 Å². The maximum Gasteiger partial charge on any atom is 0.233 e. The van der Waals surface area contributed by atoms with E-state index >= 15 is 0 Å². The highest BCUT2D eigenvalue weighted by Crippen LogP contribution is 2.37. The van der Waals surface area contributed by atoms with Crippen LogP contribution in [0, 0.1) is 0 Å². The minimum atomic E-state index is -4.00. The summed E-state index contributed by atoms with van der Waals surface area (Å²) in [4.78, 5) is 4.72. The molecule has 37 heavy (non-hydrogen) atoms. The van der Waals surface area contributed by atoms with Gasteiger partial charge < -0.3 is 14.5 Å². The molecular formula is C30H26N2O4S. The second kappa shape index (κ2) is 10.7. The maximum atomic E-state index is 13.8. The van der Waals surface area contributed by atoms with Crippen molar-refractivity contribution in [1.29, 1.82) is 0 Å². The van der Waals surface area contributed by atoms with E-state index < -0.39 is 9.84 Å². The summed E-state index contributed by atoms with van der Waals surface area (Å²) < 4.78 is 39.0. The zero-order valence-corrected chi connectivity index (χ0v) is 21.1. The van der Waals surface area contributed by atoms with Crippen molar-refractivity contribution in [2.24, 2.45) is 0 Å². The Bertz CT molecular complexity index is 1510. The smallest absolute Gasteiger partial charge is 0.233 e. The summed E-state index contributed by atoms with van der Waals surface area (Å²) in [5.74, 6) is 0.571. The number of hydrogen-bond acceptors (Lipinski definition) is 6. The van der Waals surface area contributed by atoms with E-state index in [1.54, 1.807) is 12.1 Å². The predicted octanol–water partition coefficient (Wildman–Crippen LogP) is 6.31. The van der Waals surface area contributed by atoms with Crippen LogP contribution in [0.5, 0.6) is 5.75 Å². The fraction of sp³-hybridized carbons (Fsp3) is 0.100. The monoisotopic (exact) mass is 510 g/mol. The van der Waals surface area contributed by atoms with Crippen LogP contribution in [0.3, 0.4) is 0 Å². The quantitative estimate of drug-likeness (QED) is 0.250. The van der Waals surface area contributed by atoms with E-state index in [-0.39, 0.29) is 21.7 Å². The lowest BCUT2D eigenvalue weighted by molar-refractivity contribution is 0.414. The minimum absolute atomic E-state index is 0.103. The molecule has 0 aliphatic heterocycles. The SMILES string of the molecule is COc1ccc(S(=O)(=O)c2nc(C(c3ccccc3)c3ccccc3)oc2NCc2ccccc2)cc1. The maximum absolute atomic E-state index is 13.8. The summed E-state index contributed by atoms with van der Waals surface area (Å²) in [6.45, 7) is 0.377. The fourth-order valence-corrected chi connectivity index (χ4v) is 5.44. The van der Waals surface area contributed by atoms with E-state index in [0.29, 0.717) is 18.2 Å². The molecule has 0 atom stereocenters. The average molecular weight is 511 g/mol. The van der Waals surface area contributed by atoms with Crippen molar-refractivity contribution in [1.82, 2.24) is 4.98 Å². The molecule has 6 nitrogen and oxygen atoms in total. The molecule has 0 amide bonds. The first-order chi connectivity index (χ1) is 18.1. The Kier molecular flexibility index (Phi) is 7.05. The number of nitrogens with one attached hydrogen (secondary N) is 1. The lowest BCUT2D eigenvalue weighted by atomic mass is 9.91. The number of aromatic nitrogens is 1. The summed E-state index contributed by atoms with van der Waals surface area (Å²) in [5, 5.41) is 3.02. The van der Waals surface area contributed by atoms with Crippen LogP contribution in [0.25, 0.3) is 0 Å². The van der Waals surface area contributed by atoms with Gasteiger partial charge in [0.25, 0.3) is 0 Å². The molecule has 4 aromatic carbocycles. The Labute approximate surface area is 216 Å². The van der Waals surface area contributed by atoms with Crippen molar-refractivity contribution in [3.8, 4) is 5.75 Å². The molecule has 1 heterocycles. The molecule has 186 valence electrons.